The normalized spacial score (nSPS) is 15.8. The maximum Gasteiger partial charge on any atom is 0.207 e. The van der Waals surface area contributed by atoms with Crippen LogP contribution in [0.25, 0.3) is 38.8 Å². The summed E-state index contributed by atoms with van der Waals surface area (Å²) in [4.78, 5) is 11.4. The zero-order valence-electron chi connectivity index (χ0n) is 22.5. The van der Waals surface area contributed by atoms with Crippen LogP contribution in [-0.4, -0.2) is 46.5 Å². The Morgan fingerprint density at radius 2 is 1.87 bits per heavy atom. The topological polar surface area (TPSA) is 74.2 Å². The van der Waals surface area contributed by atoms with Crippen LogP contribution in [0.4, 0.5) is 5.69 Å². The molecule has 0 saturated carbocycles. The van der Waals surface area contributed by atoms with Crippen molar-refractivity contribution in [1.29, 1.82) is 5.41 Å². The molecular weight excluding hydrogens is 506 g/mol. The number of aryl methyl sites for hydroxylation is 2. The number of anilines is 1. The first kappa shape index (κ1) is 25.3. The van der Waals surface area contributed by atoms with Gasteiger partial charge < -0.3 is 14.8 Å². The molecule has 39 heavy (non-hydrogen) atoms. The molecule has 1 fully saturated rings. The predicted molar refractivity (Wildman–Crippen MR) is 162 cm³/mol. The van der Waals surface area contributed by atoms with Crippen molar-refractivity contribution in [2.45, 2.75) is 26.4 Å². The molecule has 198 valence electrons. The maximum absolute atomic E-state index is 9.15. The number of rotatable bonds is 5. The number of imidazole rings is 1. The fourth-order valence-electron chi connectivity index (χ4n) is 5.73. The molecule has 2 N–H and O–H groups in total. The number of halogens is 1. The van der Waals surface area contributed by atoms with E-state index in [2.05, 4.69) is 64.6 Å². The summed E-state index contributed by atoms with van der Waals surface area (Å²) in [6.45, 7) is 11.5. The molecule has 6 rings (SSSR count). The summed E-state index contributed by atoms with van der Waals surface area (Å²) < 4.78 is 3.95. The second kappa shape index (κ2) is 9.98. The molecule has 1 aliphatic rings. The van der Waals surface area contributed by atoms with E-state index < -0.39 is 0 Å². The lowest BCUT2D eigenvalue weighted by Gasteiger charge is -2.35. The molecule has 0 aliphatic carbocycles. The van der Waals surface area contributed by atoms with Gasteiger partial charge in [0.05, 0.1) is 35.0 Å². The van der Waals surface area contributed by atoms with Gasteiger partial charge in [-0.25, -0.2) is 0 Å². The zero-order chi connectivity index (χ0) is 27.3. The number of aromatic nitrogens is 3. The Balaban J connectivity index is 1.60. The van der Waals surface area contributed by atoms with E-state index in [1.165, 1.54) is 5.69 Å². The van der Waals surface area contributed by atoms with E-state index in [-0.39, 0.29) is 0 Å². The number of nitrogens with zero attached hydrogens (tertiary/aromatic N) is 5. The average molecular weight is 538 g/mol. The molecule has 7 nitrogen and oxygen atoms in total. The van der Waals surface area contributed by atoms with Crippen LogP contribution in [0.2, 0.25) is 5.02 Å². The molecule has 1 saturated heterocycles. The number of hydrogen-bond donors (Lipinski definition) is 2. The summed E-state index contributed by atoms with van der Waals surface area (Å²) >= 11 is 6.15. The van der Waals surface area contributed by atoms with Gasteiger partial charge in [-0.1, -0.05) is 29.8 Å². The molecule has 8 heteroatoms. The van der Waals surface area contributed by atoms with E-state index in [9.17, 15) is 0 Å². The quantitative estimate of drug-likeness (QED) is 0.286. The van der Waals surface area contributed by atoms with Crippen molar-refractivity contribution in [2.24, 2.45) is 12.0 Å². The molecule has 1 unspecified atom stereocenters. The van der Waals surface area contributed by atoms with Gasteiger partial charge in [0.2, 0.25) is 5.62 Å². The Morgan fingerprint density at radius 1 is 1.10 bits per heavy atom. The SMILES string of the molecule is C=NCc1cc(-n2c(=N)n(C)c3cnc4ccc(-c5ccc(Cl)cc5)cc4c32)c(C)cc1N1CCNC(C)C1. The molecule has 3 aromatic carbocycles. The first-order valence-electron chi connectivity index (χ1n) is 13.2. The van der Waals surface area contributed by atoms with E-state index in [4.69, 9.17) is 22.0 Å². The minimum Gasteiger partial charge on any atom is -0.368 e. The molecule has 1 aliphatic heterocycles. The highest BCUT2D eigenvalue weighted by Gasteiger charge is 2.22. The standard InChI is InChI=1S/C31H32ClN7/c1-19-13-28(38-12-11-35-20(2)18-38)23(16-34-3)15-27(19)39-30-25-14-22(21-5-8-24(32)9-6-21)7-10-26(25)36-17-29(30)37(4)31(39)33/h5-10,13-15,17,20,33,35H,3,11-12,16,18H2,1-2,4H3. The Hall–Kier alpha value is -3.94. The van der Waals surface area contributed by atoms with Crippen LogP contribution in [0.15, 0.2) is 65.8 Å². The maximum atomic E-state index is 9.15. The summed E-state index contributed by atoms with van der Waals surface area (Å²) in [7, 11) is 1.93. The summed E-state index contributed by atoms with van der Waals surface area (Å²) in [5, 5.41) is 14.4. The largest absolute Gasteiger partial charge is 0.368 e. The predicted octanol–water partition coefficient (Wildman–Crippen LogP) is 5.62. The lowest BCUT2D eigenvalue weighted by atomic mass is 10.0. The number of pyridine rings is 1. The second-order valence-electron chi connectivity index (χ2n) is 10.4. The molecule has 0 bridgehead atoms. The van der Waals surface area contributed by atoms with E-state index in [1.807, 2.05) is 48.1 Å². The molecule has 3 heterocycles. The molecular formula is C31H32ClN7. The third-order valence-corrected chi connectivity index (χ3v) is 7.99. The van der Waals surface area contributed by atoms with Crippen LogP contribution < -0.4 is 15.8 Å². The zero-order valence-corrected chi connectivity index (χ0v) is 23.3. The smallest absolute Gasteiger partial charge is 0.207 e. The van der Waals surface area contributed by atoms with Gasteiger partial charge in [-0.3, -0.25) is 20.0 Å². The van der Waals surface area contributed by atoms with E-state index >= 15 is 0 Å². The van der Waals surface area contributed by atoms with Crippen LogP contribution in [0, 0.1) is 12.3 Å². The van der Waals surface area contributed by atoms with Crippen molar-refractivity contribution in [2.75, 3.05) is 24.5 Å². The highest BCUT2D eigenvalue weighted by Crippen LogP contribution is 2.33. The van der Waals surface area contributed by atoms with Gasteiger partial charge in [0, 0.05) is 48.8 Å². The van der Waals surface area contributed by atoms with Crippen LogP contribution in [-0.2, 0) is 13.6 Å². The van der Waals surface area contributed by atoms with Gasteiger partial charge >= 0.3 is 0 Å². The monoisotopic (exact) mass is 537 g/mol. The summed E-state index contributed by atoms with van der Waals surface area (Å²) in [6.07, 6.45) is 1.87. The molecule has 2 aromatic heterocycles. The van der Waals surface area contributed by atoms with Crippen molar-refractivity contribution in [1.82, 2.24) is 19.4 Å². The summed E-state index contributed by atoms with van der Waals surface area (Å²) in [5.41, 5.74) is 9.69. The van der Waals surface area contributed by atoms with Crippen molar-refractivity contribution in [3.8, 4) is 16.8 Å². The van der Waals surface area contributed by atoms with Crippen molar-refractivity contribution >= 4 is 45.9 Å². The van der Waals surface area contributed by atoms with Crippen molar-refractivity contribution in [3.05, 3.63) is 82.6 Å². The van der Waals surface area contributed by atoms with E-state index in [0.717, 1.165) is 69.5 Å². The summed E-state index contributed by atoms with van der Waals surface area (Å²) in [6, 6.07) is 19.0. The Kier molecular flexibility index (Phi) is 6.49. The molecule has 0 amide bonds. The molecule has 1 atom stereocenters. The molecule has 5 aromatic rings. The lowest BCUT2D eigenvalue weighted by molar-refractivity contribution is 0.484. The van der Waals surface area contributed by atoms with Gasteiger partial charge in [0.15, 0.2) is 0 Å². The Morgan fingerprint density at radius 3 is 2.62 bits per heavy atom. The van der Waals surface area contributed by atoms with Gasteiger partial charge in [0.25, 0.3) is 0 Å². The van der Waals surface area contributed by atoms with Gasteiger partial charge in [-0.05, 0) is 79.2 Å². The minimum atomic E-state index is 0.389. The third-order valence-electron chi connectivity index (χ3n) is 7.74. The number of hydrogen-bond acceptors (Lipinski definition) is 5. The van der Waals surface area contributed by atoms with Gasteiger partial charge in [0.1, 0.15) is 0 Å². The van der Waals surface area contributed by atoms with E-state index in [0.29, 0.717) is 23.2 Å². The van der Waals surface area contributed by atoms with E-state index in [1.54, 1.807) is 0 Å². The third kappa shape index (κ3) is 4.41. The number of aliphatic imine (C=N–C) groups is 1. The van der Waals surface area contributed by atoms with Crippen LogP contribution >= 0.6 is 11.6 Å². The number of nitrogens with one attached hydrogen (secondary N) is 2. The minimum absolute atomic E-state index is 0.389. The second-order valence-corrected chi connectivity index (χ2v) is 10.8. The van der Waals surface area contributed by atoms with Crippen LogP contribution in [0.3, 0.4) is 0 Å². The molecule has 0 spiro atoms. The number of fused-ring (bicyclic) bond motifs is 3. The van der Waals surface area contributed by atoms with Gasteiger partial charge in [-0.15, -0.1) is 0 Å². The Labute approximate surface area is 232 Å². The fourth-order valence-corrected chi connectivity index (χ4v) is 5.86. The van der Waals surface area contributed by atoms with Crippen molar-refractivity contribution in [3.63, 3.8) is 0 Å². The van der Waals surface area contributed by atoms with Gasteiger partial charge in [-0.2, -0.15) is 0 Å². The highest BCUT2D eigenvalue weighted by molar-refractivity contribution is 6.30. The van der Waals surface area contributed by atoms with Crippen LogP contribution in [0.5, 0.6) is 0 Å². The summed E-state index contributed by atoms with van der Waals surface area (Å²) in [5.74, 6) is 0. The average Bonchev–Trinajstić information content (AvgIpc) is 3.19. The number of piperazine rings is 1. The van der Waals surface area contributed by atoms with Crippen LogP contribution in [0.1, 0.15) is 18.1 Å². The number of benzene rings is 3. The lowest BCUT2D eigenvalue weighted by Crippen LogP contribution is -2.49. The fraction of sp³-hybridized carbons (Fsp3) is 0.258. The highest BCUT2D eigenvalue weighted by atomic mass is 35.5. The Bertz CT molecular complexity index is 1780. The first-order valence-corrected chi connectivity index (χ1v) is 13.6. The van der Waals surface area contributed by atoms with Crippen molar-refractivity contribution < 1.29 is 0 Å². The molecule has 0 radical (unpaired) electrons. The first-order chi connectivity index (χ1) is 18.9.